The fourth-order valence-electron chi connectivity index (χ4n) is 6.24. The SMILES string of the molecule is C=C1\C=C/C(/C=C/CN2C(=O)C(C)(C)N(C)C[C@@]2(C)c2cc(F)cc(F)c2)=C\CC[C@@]2(C1)C(=O)Nc1ncccc12. The largest absolute Gasteiger partial charge is 0.327 e. The van der Waals surface area contributed by atoms with Crippen molar-refractivity contribution < 1.29 is 18.4 Å². The number of aromatic nitrogens is 1. The van der Waals surface area contributed by atoms with Crippen LogP contribution in [0.3, 0.4) is 0 Å². The van der Waals surface area contributed by atoms with E-state index in [4.69, 9.17) is 0 Å². The third-order valence-electron chi connectivity index (χ3n) is 8.93. The van der Waals surface area contributed by atoms with E-state index in [1.165, 1.54) is 12.1 Å². The third kappa shape index (κ3) is 5.05. The molecule has 0 radical (unpaired) electrons. The molecule has 2 amide bonds. The van der Waals surface area contributed by atoms with E-state index in [2.05, 4.69) is 23.0 Å². The Morgan fingerprint density at radius 1 is 1.12 bits per heavy atom. The van der Waals surface area contributed by atoms with Gasteiger partial charge in [-0.15, -0.1) is 0 Å². The average Bonchev–Trinajstić information content (AvgIpc) is 3.21. The Bertz CT molecular complexity index is 1490. The van der Waals surface area contributed by atoms with Crippen LogP contribution in [0.2, 0.25) is 0 Å². The second kappa shape index (κ2) is 10.5. The van der Waals surface area contributed by atoms with Gasteiger partial charge in [0, 0.05) is 30.9 Å². The summed E-state index contributed by atoms with van der Waals surface area (Å²) in [4.78, 5) is 34.9. The highest BCUT2D eigenvalue weighted by molar-refractivity contribution is 6.05. The number of carbonyl (C=O) groups is 2. The molecule has 1 spiro atoms. The number of allylic oxidation sites excluding steroid dienone is 6. The molecule has 2 aromatic rings. The van der Waals surface area contributed by atoms with Crippen LogP contribution in [0.15, 0.2) is 84.6 Å². The summed E-state index contributed by atoms with van der Waals surface area (Å²) >= 11 is 0. The van der Waals surface area contributed by atoms with Crippen LogP contribution in [0.25, 0.3) is 0 Å². The van der Waals surface area contributed by atoms with E-state index in [1.54, 1.807) is 11.1 Å². The third-order valence-corrected chi connectivity index (χ3v) is 8.93. The van der Waals surface area contributed by atoms with Gasteiger partial charge in [-0.3, -0.25) is 14.5 Å². The summed E-state index contributed by atoms with van der Waals surface area (Å²) in [6.45, 7) is 10.4. The molecule has 1 aromatic heterocycles. The molecule has 0 saturated carbocycles. The van der Waals surface area contributed by atoms with E-state index in [0.717, 1.165) is 22.8 Å². The van der Waals surface area contributed by atoms with Crippen LogP contribution in [0.1, 0.15) is 51.2 Å². The summed E-state index contributed by atoms with van der Waals surface area (Å²) in [5.74, 6) is -0.928. The maximum absolute atomic E-state index is 14.3. The average molecular weight is 559 g/mol. The minimum Gasteiger partial charge on any atom is -0.327 e. The predicted molar refractivity (Wildman–Crippen MR) is 156 cm³/mol. The number of hydrogen-bond acceptors (Lipinski definition) is 4. The fourth-order valence-corrected chi connectivity index (χ4v) is 6.24. The Labute approximate surface area is 240 Å². The molecule has 5 rings (SSSR count). The summed E-state index contributed by atoms with van der Waals surface area (Å²) in [5, 5.41) is 2.93. The number of rotatable bonds is 4. The Kier molecular flexibility index (Phi) is 7.32. The highest BCUT2D eigenvalue weighted by Gasteiger charge is 2.51. The smallest absolute Gasteiger partial charge is 0.243 e. The number of halogens is 2. The van der Waals surface area contributed by atoms with Gasteiger partial charge in [0.05, 0.1) is 16.5 Å². The lowest BCUT2D eigenvalue weighted by atomic mass is 9.73. The summed E-state index contributed by atoms with van der Waals surface area (Å²) in [6, 6.07) is 7.25. The van der Waals surface area contributed by atoms with Gasteiger partial charge in [-0.05, 0) is 76.4 Å². The Morgan fingerprint density at radius 3 is 2.59 bits per heavy atom. The van der Waals surface area contributed by atoms with Gasteiger partial charge in [0.25, 0.3) is 0 Å². The Hall–Kier alpha value is -3.91. The topological polar surface area (TPSA) is 65.5 Å². The lowest BCUT2D eigenvalue weighted by molar-refractivity contribution is -0.159. The number of piperazine rings is 1. The minimum absolute atomic E-state index is 0.0580. The number of fused-ring (bicyclic) bond motifs is 2. The number of anilines is 1. The molecule has 3 heterocycles. The zero-order chi connectivity index (χ0) is 29.6. The normalized spacial score (nSPS) is 28.6. The molecule has 1 N–H and O–H groups in total. The lowest BCUT2D eigenvalue weighted by Gasteiger charge is -2.54. The number of likely N-dealkylation sites (N-methyl/N-ethyl adjacent to an activating group) is 1. The number of nitrogens with zero attached hydrogens (tertiary/aromatic N) is 3. The van der Waals surface area contributed by atoms with E-state index in [1.807, 2.05) is 69.2 Å². The number of carbonyl (C=O) groups excluding carboxylic acids is 2. The molecule has 2 aliphatic heterocycles. The van der Waals surface area contributed by atoms with Crippen molar-refractivity contribution in [1.29, 1.82) is 0 Å². The van der Waals surface area contributed by atoms with Gasteiger partial charge in [-0.1, -0.05) is 48.6 Å². The van der Waals surface area contributed by atoms with Crippen LogP contribution in [-0.4, -0.2) is 52.3 Å². The molecule has 41 heavy (non-hydrogen) atoms. The highest BCUT2D eigenvalue weighted by atomic mass is 19.1. The van der Waals surface area contributed by atoms with Crippen LogP contribution in [0.4, 0.5) is 14.6 Å². The maximum Gasteiger partial charge on any atom is 0.243 e. The van der Waals surface area contributed by atoms with Gasteiger partial charge >= 0.3 is 0 Å². The van der Waals surface area contributed by atoms with Gasteiger partial charge in [0.2, 0.25) is 11.8 Å². The van der Waals surface area contributed by atoms with Gasteiger partial charge < -0.3 is 10.2 Å². The summed E-state index contributed by atoms with van der Waals surface area (Å²) in [5.41, 5.74) is 0.607. The first-order valence-corrected chi connectivity index (χ1v) is 13.9. The summed E-state index contributed by atoms with van der Waals surface area (Å²) < 4.78 is 28.5. The van der Waals surface area contributed by atoms with Crippen molar-refractivity contribution in [2.75, 3.05) is 25.5 Å². The molecule has 6 nitrogen and oxygen atoms in total. The lowest BCUT2D eigenvalue weighted by Crippen LogP contribution is -2.69. The van der Waals surface area contributed by atoms with Gasteiger partial charge in [0.15, 0.2) is 0 Å². The standard InChI is InChI=1S/C33H36F2N4O2/c1-22-12-13-23(9-6-14-33(20-22)27-11-7-15-36-28(27)37-29(33)40)10-8-16-39-30(41)31(2,3)38(5)21-32(39,4)24-17-25(34)19-26(35)18-24/h7-13,15,17-19H,1,6,14,16,20-21H2,2-5H3,(H,36,37,40)/b10-8+,13-12-,23-9-/t32-,33-/m0/s1. The molecule has 1 aromatic carbocycles. The first kappa shape index (κ1) is 28.6. The second-order valence-electron chi connectivity index (χ2n) is 12.0. The predicted octanol–water partition coefficient (Wildman–Crippen LogP) is 5.80. The molecule has 1 saturated heterocycles. The Morgan fingerprint density at radius 2 is 1.85 bits per heavy atom. The van der Waals surface area contributed by atoms with Crippen LogP contribution < -0.4 is 5.32 Å². The van der Waals surface area contributed by atoms with Crippen molar-refractivity contribution >= 4 is 17.6 Å². The molecule has 0 bridgehead atoms. The first-order chi connectivity index (χ1) is 19.4. The molecule has 1 aliphatic carbocycles. The van der Waals surface area contributed by atoms with Gasteiger partial charge in [-0.2, -0.15) is 0 Å². The van der Waals surface area contributed by atoms with E-state index in [9.17, 15) is 18.4 Å². The monoisotopic (exact) mass is 558 g/mol. The maximum atomic E-state index is 14.3. The van der Waals surface area contributed by atoms with Gasteiger partial charge in [0.1, 0.15) is 17.5 Å². The number of benzene rings is 1. The van der Waals surface area contributed by atoms with Crippen LogP contribution >= 0.6 is 0 Å². The number of hydrogen-bond donors (Lipinski definition) is 1. The molecule has 0 unspecified atom stereocenters. The zero-order valence-corrected chi connectivity index (χ0v) is 24.0. The van der Waals surface area contributed by atoms with Crippen molar-refractivity contribution in [3.05, 3.63) is 107 Å². The molecule has 214 valence electrons. The fraction of sp³-hybridized carbons (Fsp3) is 0.364. The van der Waals surface area contributed by atoms with Crippen molar-refractivity contribution in [1.82, 2.24) is 14.8 Å². The quantitative estimate of drug-likeness (QED) is 0.516. The van der Waals surface area contributed by atoms with Crippen molar-refractivity contribution in [2.24, 2.45) is 0 Å². The minimum atomic E-state index is -0.949. The zero-order valence-electron chi connectivity index (χ0n) is 24.0. The van der Waals surface area contributed by atoms with E-state index < -0.39 is 28.1 Å². The molecule has 1 fully saturated rings. The molecule has 8 heteroatoms. The number of nitrogens with one attached hydrogen (secondary N) is 1. The molecular weight excluding hydrogens is 522 g/mol. The van der Waals surface area contributed by atoms with Gasteiger partial charge in [-0.25, -0.2) is 13.8 Å². The van der Waals surface area contributed by atoms with Crippen molar-refractivity contribution in [3.63, 3.8) is 0 Å². The van der Waals surface area contributed by atoms with E-state index in [-0.39, 0.29) is 18.4 Å². The first-order valence-electron chi connectivity index (χ1n) is 13.9. The van der Waals surface area contributed by atoms with Crippen LogP contribution in [0.5, 0.6) is 0 Å². The van der Waals surface area contributed by atoms with Crippen LogP contribution in [-0.2, 0) is 20.5 Å². The van der Waals surface area contributed by atoms with Crippen LogP contribution in [0, 0.1) is 11.6 Å². The van der Waals surface area contributed by atoms with Crippen molar-refractivity contribution in [3.8, 4) is 0 Å². The summed E-state index contributed by atoms with van der Waals surface area (Å²) in [6.07, 6.45) is 13.2. The van der Waals surface area contributed by atoms with Crippen molar-refractivity contribution in [2.45, 2.75) is 56.5 Å². The van der Waals surface area contributed by atoms with E-state index in [0.29, 0.717) is 37.2 Å². The molecule has 2 atom stereocenters. The summed E-state index contributed by atoms with van der Waals surface area (Å²) in [7, 11) is 1.85. The highest BCUT2D eigenvalue weighted by Crippen LogP contribution is 2.45. The molecule has 3 aliphatic rings. The second-order valence-corrected chi connectivity index (χ2v) is 12.0. The number of amides is 2. The number of pyridine rings is 1. The Balaban J connectivity index is 1.41. The van der Waals surface area contributed by atoms with E-state index >= 15 is 0 Å². The molecular formula is C33H36F2N4O2.